The second-order valence-electron chi connectivity index (χ2n) is 22.7. The predicted octanol–water partition coefficient (Wildman–Crippen LogP) is 23.7. The van der Waals surface area contributed by atoms with Gasteiger partial charge < -0.3 is 19.3 Å². The zero-order chi connectivity index (χ0) is 58.6. The zero-order valence-electron chi connectivity index (χ0n) is 48.6. The van der Waals surface area contributed by atoms with Gasteiger partial charge in [-0.1, -0.05) is 231 Å². The summed E-state index contributed by atoms with van der Waals surface area (Å²) in [5.41, 5.74) is 21.7. The summed E-state index contributed by atoms with van der Waals surface area (Å²) in [5, 5.41) is 0. The van der Waals surface area contributed by atoms with Crippen molar-refractivity contribution in [3.05, 3.63) is 351 Å². The standard InChI is InChI=1S/C84H62N2O2/c1-5-21-59(22-6-1)65-29-17-33-73(53-65)85(74-34-18-30-66(54-74)60-23-7-2-8-24-60)71-47-41-63(42-48-71)69-45-51-79-80-52-46-70(58-84(80)88-82-40-16-14-38-78(82)77-37-13-15-39-81(77)87-83(79)57-69)64-43-49-72(50-44-64)86(75-35-19-31-67(55-75)61-25-9-3-10-26-61)76-36-20-32-68(56-76)62-27-11-4-12-28-62/h1-23,25-27,29-58,60,62H,24,28H2. The van der Waals surface area contributed by atoms with Crippen molar-refractivity contribution >= 4 is 34.1 Å². The molecule has 2 aliphatic carbocycles. The summed E-state index contributed by atoms with van der Waals surface area (Å²) in [7, 11) is 0. The van der Waals surface area contributed by atoms with Crippen molar-refractivity contribution in [2.24, 2.45) is 0 Å². The quantitative estimate of drug-likeness (QED) is 0.122. The van der Waals surface area contributed by atoms with Crippen LogP contribution < -0.4 is 19.3 Å². The average molecular weight is 1130 g/mol. The van der Waals surface area contributed by atoms with Gasteiger partial charge in [-0.2, -0.15) is 0 Å². The molecule has 0 saturated heterocycles. The minimum Gasteiger partial charge on any atom is -0.456 e. The highest BCUT2D eigenvalue weighted by molar-refractivity contribution is 5.88. The monoisotopic (exact) mass is 1130 g/mol. The Bertz CT molecular complexity index is 4340. The van der Waals surface area contributed by atoms with E-state index in [1.54, 1.807) is 0 Å². The molecule has 3 aliphatic rings. The molecule has 0 fully saturated rings. The maximum absolute atomic E-state index is 7.19. The number of hydrogen-bond donors (Lipinski definition) is 0. The summed E-state index contributed by atoms with van der Waals surface area (Å²) in [6.45, 7) is 0. The van der Waals surface area contributed by atoms with Crippen molar-refractivity contribution in [3.63, 3.8) is 0 Å². The molecule has 0 spiro atoms. The molecule has 0 bridgehead atoms. The van der Waals surface area contributed by atoms with Crippen molar-refractivity contribution in [2.45, 2.75) is 24.7 Å². The molecule has 0 aromatic heterocycles. The first-order chi connectivity index (χ1) is 43.6. The first-order valence-corrected chi connectivity index (χ1v) is 30.4. The average Bonchev–Trinajstić information content (AvgIpc) is 1.96. The third-order valence-corrected chi connectivity index (χ3v) is 17.2. The number of allylic oxidation sites excluding steroid dienone is 8. The maximum atomic E-state index is 7.19. The Morgan fingerprint density at radius 1 is 0.239 bits per heavy atom. The molecule has 420 valence electrons. The van der Waals surface area contributed by atoms with Crippen LogP contribution in [0.2, 0.25) is 0 Å². The van der Waals surface area contributed by atoms with Gasteiger partial charge in [0.15, 0.2) is 0 Å². The van der Waals surface area contributed by atoms with Crippen molar-refractivity contribution in [1.29, 1.82) is 0 Å². The third-order valence-electron chi connectivity index (χ3n) is 17.2. The van der Waals surface area contributed by atoms with E-state index in [4.69, 9.17) is 9.47 Å². The Kier molecular flexibility index (Phi) is 14.6. The molecule has 12 aromatic rings. The molecule has 2 atom stereocenters. The fraction of sp³-hybridized carbons (Fsp3) is 0.0476. The van der Waals surface area contributed by atoms with Gasteiger partial charge in [-0.05, 0) is 178 Å². The van der Waals surface area contributed by atoms with Gasteiger partial charge in [0.1, 0.15) is 23.0 Å². The first-order valence-electron chi connectivity index (χ1n) is 30.4. The van der Waals surface area contributed by atoms with Gasteiger partial charge in [0.2, 0.25) is 0 Å². The molecule has 4 nitrogen and oxygen atoms in total. The minimum atomic E-state index is 0.322. The Balaban J connectivity index is 0.796. The molecule has 2 unspecified atom stereocenters. The van der Waals surface area contributed by atoms with Crippen molar-refractivity contribution in [3.8, 4) is 89.8 Å². The van der Waals surface area contributed by atoms with E-state index in [1.807, 2.05) is 24.3 Å². The van der Waals surface area contributed by atoms with Crippen molar-refractivity contribution in [2.75, 3.05) is 9.80 Å². The Morgan fingerprint density at radius 3 is 1.00 bits per heavy atom. The SMILES string of the molecule is C1=CCC(c2cccc(N(c3ccc(-c4ccc5c(c4)Oc4ccccc4-c4ccccc4Oc4cc(-c6ccc(N(c7cccc(-c8ccccc8)c7)c7cccc(C8C=CC=CC8)c7)cc6)ccc4-5)cc3)c3cccc(-c4ccccc4)c3)c2)C=C1. The lowest BCUT2D eigenvalue weighted by Crippen LogP contribution is -2.11. The molecule has 1 heterocycles. The fourth-order valence-electron chi connectivity index (χ4n) is 12.7. The summed E-state index contributed by atoms with van der Waals surface area (Å²) in [4.78, 5) is 4.75. The van der Waals surface area contributed by atoms with E-state index < -0.39 is 0 Å². The van der Waals surface area contributed by atoms with Crippen LogP contribution in [0.3, 0.4) is 0 Å². The van der Waals surface area contributed by atoms with Crippen LogP contribution in [0, 0.1) is 0 Å². The first kappa shape index (κ1) is 53.5. The second-order valence-corrected chi connectivity index (χ2v) is 22.7. The van der Waals surface area contributed by atoms with E-state index in [1.165, 1.54) is 22.3 Å². The van der Waals surface area contributed by atoms with Crippen LogP contribution >= 0.6 is 0 Å². The third kappa shape index (κ3) is 11.0. The van der Waals surface area contributed by atoms with E-state index in [0.29, 0.717) is 11.8 Å². The summed E-state index contributed by atoms with van der Waals surface area (Å²) >= 11 is 0. The van der Waals surface area contributed by atoms with E-state index >= 15 is 0 Å². The molecular formula is C84H62N2O2. The highest BCUT2D eigenvalue weighted by Crippen LogP contribution is 2.50. The smallest absolute Gasteiger partial charge is 0.136 e. The summed E-state index contributed by atoms with van der Waals surface area (Å²) in [6, 6.07) is 104. The largest absolute Gasteiger partial charge is 0.456 e. The number of nitrogens with zero attached hydrogens (tertiary/aromatic N) is 2. The van der Waals surface area contributed by atoms with E-state index in [2.05, 4.69) is 325 Å². The minimum absolute atomic E-state index is 0.322. The van der Waals surface area contributed by atoms with Gasteiger partial charge in [-0.15, -0.1) is 0 Å². The molecule has 0 amide bonds. The van der Waals surface area contributed by atoms with Crippen LogP contribution in [-0.4, -0.2) is 0 Å². The summed E-state index contributed by atoms with van der Waals surface area (Å²) < 4.78 is 14.4. The van der Waals surface area contributed by atoms with Crippen LogP contribution in [0.25, 0.3) is 66.8 Å². The Morgan fingerprint density at radius 2 is 0.580 bits per heavy atom. The second kappa shape index (κ2) is 24.0. The summed E-state index contributed by atoms with van der Waals surface area (Å²) in [5.74, 6) is 3.60. The fourth-order valence-corrected chi connectivity index (χ4v) is 12.7. The lowest BCUT2D eigenvalue weighted by molar-refractivity contribution is 0.472. The molecule has 15 rings (SSSR count). The lowest BCUT2D eigenvalue weighted by Gasteiger charge is -2.27. The molecule has 0 N–H and O–H groups in total. The number of rotatable bonds is 12. The number of hydrogen-bond acceptors (Lipinski definition) is 4. The number of ether oxygens (including phenoxy) is 2. The van der Waals surface area contributed by atoms with Gasteiger partial charge in [0.25, 0.3) is 0 Å². The van der Waals surface area contributed by atoms with Gasteiger partial charge in [0, 0.05) is 68.2 Å². The summed E-state index contributed by atoms with van der Waals surface area (Å²) in [6.07, 6.45) is 19.7. The number of benzene rings is 12. The highest BCUT2D eigenvalue weighted by atomic mass is 16.5. The van der Waals surface area contributed by atoms with Gasteiger partial charge in [0.05, 0.1) is 0 Å². The topological polar surface area (TPSA) is 24.9 Å². The molecule has 4 heteroatoms. The van der Waals surface area contributed by atoms with Crippen LogP contribution in [0.15, 0.2) is 340 Å². The van der Waals surface area contributed by atoms with Crippen LogP contribution in [-0.2, 0) is 0 Å². The molecule has 1 aliphatic heterocycles. The van der Waals surface area contributed by atoms with Gasteiger partial charge >= 0.3 is 0 Å². The molecule has 0 saturated carbocycles. The van der Waals surface area contributed by atoms with Gasteiger partial charge in [-0.25, -0.2) is 0 Å². The Labute approximate surface area is 515 Å². The number of anilines is 6. The highest BCUT2D eigenvalue weighted by Gasteiger charge is 2.24. The number of fused-ring (bicyclic) bond motifs is 6. The molecular weight excluding hydrogens is 1070 g/mol. The molecule has 12 aromatic carbocycles. The zero-order valence-corrected chi connectivity index (χ0v) is 48.6. The molecule has 0 radical (unpaired) electrons. The lowest BCUT2D eigenvalue weighted by atomic mass is 9.92. The van der Waals surface area contributed by atoms with E-state index in [-0.39, 0.29) is 0 Å². The normalized spacial score (nSPS) is 14.5. The van der Waals surface area contributed by atoms with Crippen molar-refractivity contribution in [1.82, 2.24) is 0 Å². The molecule has 88 heavy (non-hydrogen) atoms. The predicted molar refractivity (Wildman–Crippen MR) is 366 cm³/mol. The Hall–Kier alpha value is -11.2. The van der Waals surface area contributed by atoms with Crippen LogP contribution in [0.5, 0.6) is 23.0 Å². The van der Waals surface area contributed by atoms with Crippen LogP contribution in [0.1, 0.15) is 35.8 Å². The van der Waals surface area contributed by atoms with Crippen molar-refractivity contribution < 1.29 is 9.47 Å². The van der Waals surface area contributed by atoms with E-state index in [9.17, 15) is 0 Å². The van der Waals surface area contributed by atoms with Gasteiger partial charge in [-0.3, -0.25) is 0 Å². The van der Waals surface area contributed by atoms with E-state index in [0.717, 1.165) is 126 Å². The maximum Gasteiger partial charge on any atom is 0.136 e. The van der Waals surface area contributed by atoms with Crippen LogP contribution in [0.4, 0.5) is 34.1 Å². The number of para-hydroxylation sites is 2.